The Morgan fingerprint density at radius 3 is 2.72 bits per heavy atom. The van der Waals surface area contributed by atoms with Gasteiger partial charge in [0.05, 0.1) is 11.3 Å². The van der Waals surface area contributed by atoms with Crippen molar-refractivity contribution in [3.05, 3.63) is 66.6 Å². The fraction of sp³-hybridized carbons (Fsp3) is 0.273. The Labute approximate surface area is 169 Å². The minimum atomic E-state index is -0.182. The average Bonchev–Trinajstić information content (AvgIpc) is 3.39. The highest BCUT2D eigenvalue weighted by molar-refractivity contribution is 5.99. The van der Waals surface area contributed by atoms with E-state index >= 15 is 0 Å². The van der Waals surface area contributed by atoms with Crippen molar-refractivity contribution < 1.29 is 9.59 Å². The van der Waals surface area contributed by atoms with Crippen LogP contribution in [0.3, 0.4) is 0 Å². The van der Waals surface area contributed by atoms with Crippen LogP contribution in [-0.4, -0.2) is 51.1 Å². The lowest BCUT2D eigenvalue weighted by atomic mass is 10.1. The van der Waals surface area contributed by atoms with Crippen LogP contribution in [0.4, 0.5) is 0 Å². The Morgan fingerprint density at radius 1 is 1.14 bits per heavy atom. The van der Waals surface area contributed by atoms with Crippen LogP contribution in [0.5, 0.6) is 0 Å². The second kappa shape index (κ2) is 8.68. The third-order valence-corrected chi connectivity index (χ3v) is 4.98. The molecule has 3 heterocycles. The Hall–Kier alpha value is -3.48. The number of hydrogen-bond donors (Lipinski definition) is 1. The average molecular weight is 389 g/mol. The summed E-state index contributed by atoms with van der Waals surface area (Å²) < 4.78 is 1.71. The van der Waals surface area contributed by atoms with Crippen molar-refractivity contribution in [3.8, 4) is 16.9 Å². The maximum absolute atomic E-state index is 12.9. The van der Waals surface area contributed by atoms with E-state index in [0.717, 1.165) is 30.6 Å². The molecule has 1 aliphatic heterocycles. The quantitative estimate of drug-likeness (QED) is 0.630. The highest BCUT2D eigenvalue weighted by Crippen LogP contribution is 2.23. The number of amides is 2. The molecule has 2 amide bonds. The molecular weight excluding hydrogens is 366 g/mol. The van der Waals surface area contributed by atoms with Crippen LogP contribution in [0.2, 0.25) is 0 Å². The first-order chi connectivity index (χ1) is 14.2. The molecule has 2 aromatic heterocycles. The standard InChI is InChI=1S/C22H23N5O2/c28-20-10-5-13-26(20)14-6-12-24-22(29)19-16-27(18-8-2-1-3-9-18)25-21(19)17-7-4-11-23-15-17/h1-4,7-9,11,15-16H,5-6,10,12-14H2,(H,24,29). The Balaban J connectivity index is 1.49. The first-order valence-electron chi connectivity index (χ1n) is 9.84. The summed E-state index contributed by atoms with van der Waals surface area (Å²) in [7, 11) is 0. The molecule has 1 fully saturated rings. The summed E-state index contributed by atoms with van der Waals surface area (Å²) in [4.78, 5) is 30.6. The van der Waals surface area contributed by atoms with Gasteiger partial charge in [-0.25, -0.2) is 4.68 Å². The monoisotopic (exact) mass is 389 g/mol. The molecule has 0 aliphatic carbocycles. The Kier molecular flexibility index (Phi) is 5.65. The molecule has 7 nitrogen and oxygen atoms in total. The summed E-state index contributed by atoms with van der Waals surface area (Å²) in [6, 6.07) is 13.4. The van der Waals surface area contributed by atoms with Gasteiger partial charge in [0.15, 0.2) is 0 Å². The number of nitrogens with zero attached hydrogens (tertiary/aromatic N) is 4. The van der Waals surface area contributed by atoms with Crippen LogP contribution in [0.15, 0.2) is 61.1 Å². The summed E-state index contributed by atoms with van der Waals surface area (Å²) in [6.45, 7) is 2.01. The second-order valence-corrected chi connectivity index (χ2v) is 7.01. The molecule has 1 saturated heterocycles. The lowest BCUT2D eigenvalue weighted by molar-refractivity contribution is -0.127. The van der Waals surface area contributed by atoms with Gasteiger partial charge >= 0.3 is 0 Å². The molecule has 1 N–H and O–H groups in total. The zero-order valence-electron chi connectivity index (χ0n) is 16.1. The van der Waals surface area contributed by atoms with Gasteiger partial charge in [0.25, 0.3) is 5.91 Å². The number of aromatic nitrogens is 3. The van der Waals surface area contributed by atoms with E-state index in [-0.39, 0.29) is 11.8 Å². The molecule has 3 aromatic rings. The van der Waals surface area contributed by atoms with E-state index in [1.807, 2.05) is 47.4 Å². The van der Waals surface area contributed by atoms with E-state index < -0.39 is 0 Å². The minimum Gasteiger partial charge on any atom is -0.352 e. The van der Waals surface area contributed by atoms with E-state index in [2.05, 4.69) is 15.4 Å². The SMILES string of the molecule is O=C(NCCCN1CCCC1=O)c1cn(-c2ccccc2)nc1-c1cccnc1. The zero-order valence-corrected chi connectivity index (χ0v) is 16.1. The largest absolute Gasteiger partial charge is 0.352 e. The smallest absolute Gasteiger partial charge is 0.255 e. The number of nitrogens with one attached hydrogen (secondary N) is 1. The zero-order chi connectivity index (χ0) is 20.1. The molecule has 4 rings (SSSR count). The van der Waals surface area contributed by atoms with Gasteiger partial charge in [0.2, 0.25) is 5.91 Å². The topological polar surface area (TPSA) is 80.1 Å². The predicted octanol–water partition coefficient (Wildman–Crippen LogP) is 2.68. The number of carbonyl (C=O) groups is 2. The van der Waals surface area contributed by atoms with Gasteiger partial charge in [-0.3, -0.25) is 14.6 Å². The van der Waals surface area contributed by atoms with Gasteiger partial charge in [0, 0.05) is 50.2 Å². The number of para-hydroxylation sites is 1. The summed E-state index contributed by atoms with van der Waals surface area (Å²) in [5.74, 6) is 0.0260. The highest BCUT2D eigenvalue weighted by Gasteiger charge is 2.20. The lowest BCUT2D eigenvalue weighted by Crippen LogP contribution is -2.30. The molecule has 148 valence electrons. The second-order valence-electron chi connectivity index (χ2n) is 7.01. The summed E-state index contributed by atoms with van der Waals surface area (Å²) in [5, 5.41) is 7.60. The molecule has 0 bridgehead atoms. The normalized spacial score (nSPS) is 13.7. The van der Waals surface area contributed by atoms with Crippen molar-refractivity contribution in [2.24, 2.45) is 0 Å². The van der Waals surface area contributed by atoms with Crippen LogP contribution < -0.4 is 5.32 Å². The fourth-order valence-electron chi connectivity index (χ4n) is 3.48. The molecule has 0 saturated carbocycles. The summed E-state index contributed by atoms with van der Waals surface area (Å²) in [5.41, 5.74) is 2.76. The van der Waals surface area contributed by atoms with Gasteiger partial charge in [-0.15, -0.1) is 0 Å². The molecule has 1 aliphatic rings. The predicted molar refractivity (Wildman–Crippen MR) is 110 cm³/mol. The van der Waals surface area contributed by atoms with Crippen molar-refractivity contribution in [2.45, 2.75) is 19.3 Å². The number of likely N-dealkylation sites (tertiary alicyclic amines) is 1. The summed E-state index contributed by atoms with van der Waals surface area (Å²) >= 11 is 0. The van der Waals surface area contributed by atoms with Gasteiger partial charge in [0.1, 0.15) is 5.69 Å². The van der Waals surface area contributed by atoms with E-state index in [0.29, 0.717) is 30.8 Å². The van der Waals surface area contributed by atoms with E-state index in [1.165, 1.54) is 0 Å². The molecule has 29 heavy (non-hydrogen) atoms. The van der Waals surface area contributed by atoms with Gasteiger partial charge < -0.3 is 10.2 Å². The minimum absolute atomic E-state index is 0.182. The van der Waals surface area contributed by atoms with Gasteiger partial charge in [-0.2, -0.15) is 5.10 Å². The Bertz CT molecular complexity index is 985. The number of carbonyl (C=O) groups excluding carboxylic acids is 2. The maximum atomic E-state index is 12.9. The number of rotatable bonds is 7. The van der Waals surface area contributed by atoms with Crippen molar-refractivity contribution in [2.75, 3.05) is 19.6 Å². The first kappa shape index (κ1) is 18.9. The lowest BCUT2D eigenvalue weighted by Gasteiger charge is -2.15. The molecule has 1 aromatic carbocycles. The molecule has 7 heteroatoms. The van der Waals surface area contributed by atoms with Crippen molar-refractivity contribution in [3.63, 3.8) is 0 Å². The van der Waals surface area contributed by atoms with Gasteiger partial charge in [-0.05, 0) is 37.1 Å². The first-order valence-corrected chi connectivity index (χ1v) is 9.84. The van der Waals surface area contributed by atoms with Crippen molar-refractivity contribution in [1.82, 2.24) is 25.0 Å². The van der Waals surface area contributed by atoms with Gasteiger partial charge in [-0.1, -0.05) is 18.2 Å². The molecule has 0 radical (unpaired) electrons. The molecule has 0 spiro atoms. The van der Waals surface area contributed by atoms with Crippen molar-refractivity contribution >= 4 is 11.8 Å². The van der Waals surface area contributed by atoms with Crippen LogP contribution in [0.25, 0.3) is 16.9 Å². The third-order valence-electron chi connectivity index (χ3n) is 4.98. The fourth-order valence-corrected chi connectivity index (χ4v) is 3.48. The highest BCUT2D eigenvalue weighted by atomic mass is 16.2. The summed E-state index contributed by atoms with van der Waals surface area (Å²) in [6.07, 6.45) is 7.44. The number of benzene rings is 1. The molecular formula is C22H23N5O2. The van der Waals surface area contributed by atoms with Crippen LogP contribution in [0.1, 0.15) is 29.6 Å². The third kappa shape index (κ3) is 4.34. The van der Waals surface area contributed by atoms with Crippen LogP contribution in [0, 0.1) is 0 Å². The van der Waals surface area contributed by atoms with Crippen LogP contribution >= 0.6 is 0 Å². The number of pyridine rings is 1. The molecule has 0 unspecified atom stereocenters. The van der Waals surface area contributed by atoms with E-state index in [1.54, 1.807) is 23.3 Å². The Morgan fingerprint density at radius 2 is 2.00 bits per heavy atom. The number of hydrogen-bond acceptors (Lipinski definition) is 4. The molecule has 0 atom stereocenters. The van der Waals surface area contributed by atoms with Crippen molar-refractivity contribution in [1.29, 1.82) is 0 Å². The van der Waals surface area contributed by atoms with E-state index in [9.17, 15) is 9.59 Å². The van der Waals surface area contributed by atoms with Crippen LogP contribution in [-0.2, 0) is 4.79 Å². The van der Waals surface area contributed by atoms with E-state index in [4.69, 9.17) is 0 Å². The maximum Gasteiger partial charge on any atom is 0.255 e.